The van der Waals surface area contributed by atoms with E-state index in [2.05, 4.69) is 34.5 Å². The number of halogens is 1. The molecule has 120 valence electrons. The van der Waals surface area contributed by atoms with E-state index in [1.54, 1.807) is 12.1 Å². The lowest BCUT2D eigenvalue weighted by molar-refractivity contribution is -0.117. The molecule has 23 heavy (non-hydrogen) atoms. The first-order valence-corrected chi connectivity index (χ1v) is 8.35. The minimum Gasteiger partial charge on any atom is -0.325 e. The molecule has 0 aromatic heterocycles. The monoisotopic (exact) mass is 328 g/mol. The van der Waals surface area contributed by atoms with Crippen molar-refractivity contribution in [2.24, 2.45) is 0 Å². The van der Waals surface area contributed by atoms with Crippen molar-refractivity contribution in [3.05, 3.63) is 64.7 Å². The molecule has 0 saturated heterocycles. The Morgan fingerprint density at radius 1 is 1.22 bits per heavy atom. The van der Waals surface area contributed by atoms with Crippen molar-refractivity contribution in [3.63, 3.8) is 0 Å². The number of hydrogen-bond acceptors (Lipinski definition) is 2. The van der Waals surface area contributed by atoms with Crippen molar-refractivity contribution in [2.75, 3.05) is 18.9 Å². The maximum atomic E-state index is 12.3. The van der Waals surface area contributed by atoms with Crippen LogP contribution in [0, 0.1) is 0 Å². The van der Waals surface area contributed by atoms with Crippen LogP contribution >= 0.6 is 11.6 Å². The zero-order chi connectivity index (χ0) is 16.2. The molecule has 0 radical (unpaired) electrons. The average molecular weight is 329 g/mol. The molecule has 3 nitrogen and oxygen atoms in total. The van der Waals surface area contributed by atoms with Crippen LogP contribution in [0.5, 0.6) is 0 Å². The first kappa shape index (κ1) is 16.0. The van der Waals surface area contributed by atoms with Gasteiger partial charge in [-0.25, -0.2) is 0 Å². The summed E-state index contributed by atoms with van der Waals surface area (Å²) in [7, 11) is 2.02. The second kappa shape index (κ2) is 7.16. The molecule has 1 aliphatic carbocycles. The number of fused-ring (bicyclic) bond motifs is 1. The van der Waals surface area contributed by atoms with E-state index >= 15 is 0 Å². The number of carbonyl (C=O) groups is 1. The van der Waals surface area contributed by atoms with Crippen LogP contribution in [0.4, 0.5) is 5.69 Å². The molecule has 1 N–H and O–H groups in total. The van der Waals surface area contributed by atoms with E-state index in [9.17, 15) is 4.79 Å². The molecule has 0 saturated carbocycles. The normalized spacial score (nSPS) is 16.9. The lowest BCUT2D eigenvalue weighted by Crippen LogP contribution is -2.34. The molecule has 1 atom stereocenters. The van der Waals surface area contributed by atoms with Crippen LogP contribution in [0.2, 0.25) is 5.02 Å². The first-order valence-electron chi connectivity index (χ1n) is 7.97. The van der Waals surface area contributed by atoms with E-state index in [0.29, 0.717) is 17.6 Å². The number of likely N-dealkylation sites (N-methyl/N-ethyl adjacent to an activating group) is 1. The van der Waals surface area contributed by atoms with Crippen LogP contribution in [0.25, 0.3) is 0 Å². The molecule has 2 aromatic carbocycles. The van der Waals surface area contributed by atoms with Gasteiger partial charge in [0.05, 0.1) is 6.54 Å². The number of nitrogens with zero attached hydrogens (tertiary/aromatic N) is 1. The van der Waals surface area contributed by atoms with E-state index in [4.69, 9.17) is 11.6 Å². The summed E-state index contributed by atoms with van der Waals surface area (Å²) < 4.78 is 0. The number of anilines is 1. The Morgan fingerprint density at radius 3 is 2.74 bits per heavy atom. The van der Waals surface area contributed by atoms with Crippen molar-refractivity contribution < 1.29 is 4.79 Å². The molecular weight excluding hydrogens is 308 g/mol. The van der Waals surface area contributed by atoms with Crippen molar-refractivity contribution in [1.29, 1.82) is 0 Å². The Labute approximate surface area is 142 Å². The first-order chi connectivity index (χ1) is 11.1. The fourth-order valence-corrected chi connectivity index (χ4v) is 3.38. The van der Waals surface area contributed by atoms with Crippen LogP contribution in [0.3, 0.4) is 0 Å². The van der Waals surface area contributed by atoms with Gasteiger partial charge in [0, 0.05) is 16.8 Å². The van der Waals surface area contributed by atoms with E-state index in [1.165, 1.54) is 17.5 Å². The van der Waals surface area contributed by atoms with Gasteiger partial charge in [0.25, 0.3) is 0 Å². The Morgan fingerprint density at radius 2 is 1.96 bits per heavy atom. The summed E-state index contributed by atoms with van der Waals surface area (Å²) in [6, 6.07) is 16.1. The smallest absolute Gasteiger partial charge is 0.238 e. The van der Waals surface area contributed by atoms with Crippen molar-refractivity contribution in [2.45, 2.75) is 25.3 Å². The van der Waals surface area contributed by atoms with Crippen LogP contribution in [0.15, 0.2) is 48.5 Å². The van der Waals surface area contributed by atoms with Gasteiger partial charge in [-0.05, 0) is 61.7 Å². The lowest BCUT2D eigenvalue weighted by atomic mass is 9.87. The number of benzene rings is 2. The van der Waals surface area contributed by atoms with Crippen LogP contribution in [0.1, 0.15) is 30.0 Å². The molecule has 4 heteroatoms. The van der Waals surface area contributed by atoms with Gasteiger partial charge >= 0.3 is 0 Å². The number of rotatable bonds is 4. The quantitative estimate of drug-likeness (QED) is 0.908. The Hall–Kier alpha value is -1.84. The highest BCUT2D eigenvalue weighted by Crippen LogP contribution is 2.33. The Bertz CT molecular complexity index is 684. The van der Waals surface area contributed by atoms with E-state index < -0.39 is 0 Å². The van der Waals surface area contributed by atoms with Gasteiger partial charge < -0.3 is 5.32 Å². The van der Waals surface area contributed by atoms with Crippen LogP contribution < -0.4 is 5.32 Å². The van der Waals surface area contributed by atoms with E-state index in [1.807, 2.05) is 19.2 Å². The molecule has 3 rings (SSSR count). The van der Waals surface area contributed by atoms with Crippen molar-refractivity contribution >= 4 is 23.2 Å². The second-order valence-electron chi connectivity index (χ2n) is 6.08. The molecule has 1 aliphatic rings. The SMILES string of the molecule is CN(CC(=O)Nc1ccc(Cl)cc1)C1CCCc2ccccc21. The summed E-state index contributed by atoms with van der Waals surface area (Å²) in [5.74, 6) is -0.00197. The zero-order valence-electron chi connectivity index (χ0n) is 13.3. The lowest BCUT2D eigenvalue weighted by Gasteiger charge is -2.32. The number of nitrogens with one attached hydrogen (secondary N) is 1. The van der Waals surface area contributed by atoms with Gasteiger partial charge in [0.1, 0.15) is 0 Å². The third-order valence-electron chi connectivity index (χ3n) is 4.39. The summed E-state index contributed by atoms with van der Waals surface area (Å²) in [6.45, 7) is 0.377. The topological polar surface area (TPSA) is 32.3 Å². The Balaban J connectivity index is 1.64. The average Bonchev–Trinajstić information content (AvgIpc) is 2.56. The standard InChI is InChI=1S/C19H21ClN2O/c1-22(13-19(23)21-16-11-9-15(20)10-12-16)18-8-4-6-14-5-2-3-7-17(14)18/h2-3,5,7,9-12,18H,4,6,8,13H2,1H3,(H,21,23). The largest absolute Gasteiger partial charge is 0.325 e. The van der Waals surface area contributed by atoms with Crippen molar-refractivity contribution in [3.8, 4) is 0 Å². The minimum atomic E-state index is -0.00197. The number of carbonyl (C=O) groups excluding carboxylic acids is 1. The van der Waals surface area contributed by atoms with Gasteiger partial charge in [-0.2, -0.15) is 0 Å². The van der Waals surface area contributed by atoms with Crippen molar-refractivity contribution in [1.82, 2.24) is 4.90 Å². The van der Waals surface area contributed by atoms with Crippen LogP contribution in [-0.4, -0.2) is 24.4 Å². The molecule has 1 unspecified atom stereocenters. The Kier molecular flexibility index (Phi) is 4.99. The summed E-state index contributed by atoms with van der Waals surface area (Å²) >= 11 is 5.86. The molecule has 0 heterocycles. The number of aryl methyl sites for hydroxylation is 1. The summed E-state index contributed by atoms with van der Waals surface area (Å²) in [5, 5.41) is 3.59. The highest BCUT2D eigenvalue weighted by molar-refractivity contribution is 6.30. The highest BCUT2D eigenvalue weighted by Gasteiger charge is 2.24. The summed E-state index contributed by atoms with van der Waals surface area (Å²) in [5.41, 5.74) is 3.55. The highest BCUT2D eigenvalue weighted by atomic mass is 35.5. The van der Waals surface area contributed by atoms with E-state index in [-0.39, 0.29) is 5.91 Å². The molecule has 0 spiro atoms. The maximum absolute atomic E-state index is 12.3. The summed E-state index contributed by atoms with van der Waals surface area (Å²) in [6.07, 6.45) is 3.41. The molecule has 1 amide bonds. The predicted molar refractivity (Wildman–Crippen MR) is 94.8 cm³/mol. The molecule has 2 aromatic rings. The van der Waals surface area contributed by atoms with Gasteiger partial charge in [-0.3, -0.25) is 9.69 Å². The van der Waals surface area contributed by atoms with Gasteiger partial charge in [-0.1, -0.05) is 35.9 Å². The second-order valence-corrected chi connectivity index (χ2v) is 6.51. The molecule has 0 aliphatic heterocycles. The fourth-order valence-electron chi connectivity index (χ4n) is 3.26. The predicted octanol–water partition coefficient (Wildman–Crippen LogP) is 4.29. The summed E-state index contributed by atoms with van der Waals surface area (Å²) in [4.78, 5) is 14.4. The third kappa shape index (κ3) is 3.92. The fraction of sp³-hybridized carbons (Fsp3) is 0.316. The van der Waals surface area contributed by atoms with E-state index in [0.717, 1.165) is 18.5 Å². The molecular formula is C19H21ClN2O. The zero-order valence-corrected chi connectivity index (χ0v) is 14.0. The number of amides is 1. The molecule has 0 bridgehead atoms. The third-order valence-corrected chi connectivity index (χ3v) is 4.64. The number of hydrogen-bond donors (Lipinski definition) is 1. The maximum Gasteiger partial charge on any atom is 0.238 e. The van der Waals surface area contributed by atoms with Gasteiger partial charge in [0.2, 0.25) is 5.91 Å². The van der Waals surface area contributed by atoms with Gasteiger partial charge in [0.15, 0.2) is 0 Å². The molecule has 0 fully saturated rings. The minimum absolute atomic E-state index is 0.00197. The van der Waals surface area contributed by atoms with Gasteiger partial charge in [-0.15, -0.1) is 0 Å². The van der Waals surface area contributed by atoms with Crippen LogP contribution in [-0.2, 0) is 11.2 Å².